The fourth-order valence-corrected chi connectivity index (χ4v) is 3.78. The van der Waals surface area contributed by atoms with Crippen LogP contribution in [0.1, 0.15) is 48.8 Å². The highest BCUT2D eigenvalue weighted by Crippen LogP contribution is 2.34. The average Bonchev–Trinajstić information content (AvgIpc) is 3.08. The van der Waals surface area contributed by atoms with E-state index in [4.69, 9.17) is 0 Å². The number of aromatic nitrogens is 2. The molecule has 2 aromatic rings. The number of carbonyl (C=O) groups is 1. The Morgan fingerprint density at radius 1 is 1.38 bits per heavy atom. The normalized spacial score (nSPS) is 21.8. The molecule has 2 N–H and O–H groups in total. The summed E-state index contributed by atoms with van der Waals surface area (Å²) in [5.74, 6) is 1.42. The number of benzene rings is 1. The third-order valence-electron chi connectivity index (χ3n) is 5.43. The first kappa shape index (κ1) is 18.6. The average molecular weight is 356 g/mol. The number of aliphatic hydroxyl groups excluding tert-OH is 1. The summed E-state index contributed by atoms with van der Waals surface area (Å²) in [6.07, 6.45) is 5.15. The van der Waals surface area contributed by atoms with Gasteiger partial charge in [0.2, 0.25) is 5.91 Å². The molecular formula is C20H28N4O2. The molecule has 6 heteroatoms. The van der Waals surface area contributed by atoms with Crippen LogP contribution in [0, 0.1) is 5.92 Å². The molecule has 0 spiro atoms. The summed E-state index contributed by atoms with van der Waals surface area (Å²) in [6, 6.07) is 8.16. The van der Waals surface area contributed by atoms with Gasteiger partial charge in [0.15, 0.2) is 0 Å². The Morgan fingerprint density at radius 2 is 2.19 bits per heavy atom. The molecule has 1 aliphatic rings. The second-order valence-electron chi connectivity index (χ2n) is 7.18. The first-order chi connectivity index (χ1) is 12.5. The molecule has 0 saturated carbocycles. The van der Waals surface area contributed by atoms with E-state index in [1.807, 2.05) is 48.0 Å². The summed E-state index contributed by atoms with van der Waals surface area (Å²) >= 11 is 0. The number of imidazole rings is 1. The minimum Gasteiger partial charge on any atom is -0.392 e. The summed E-state index contributed by atoms with van der Waals surface area (Å²) in [5, 5.41) is 12.9. The SMILES string of the molecule is CC(NC[C@H]1CCC(=O)N(C)[C@@H]1c1nccn1C)c1cccc(CO)c1. The fourth-order valence-electron chi connectivity index (χ4n) is 3.78. The van der Waals surface area contributed by atoms with Gasteiger partial charge in [0.05, 0.1) is 12.6 Å². The number of aliphatic hydroxyl groups is 1. The number of nitrogens with one attached hydrogen (secondary N) is 1. The van der Waals surface area contributed by atoms with Gasteiger partial charge in [-0.1, -0.05) is 24.3 Å². The van der Waals surface area contributed by atoms with Crippen molar-refractivity contribution in [2.75, 3.05) is 13.6 Å². The van der Waals surface area contributed by atoms with Crippen LogP contribution >= 0.6 is 0 Å². The van der Waals surface area contributed by atoms with Gasteiger partial charge >= 0.3 is 0 Å². The largest absolute Gasteiger partial charge is 0.392 e. The molecule has 0 radical (unpaired) electrons. The Labute approximate surface area is 154 Å². The van der Waals surface area contributed by atoms with E-state index in [1.165, 1.54) is 0 Å². The number of rotatable bonds is 6. The van der Waals surface area contributed by atoms with Gasteiger partial charge < -0.3 is 19.9 Å². The van der Waals surface area contributed by atoms with Gasteiger partial charge in [-0.15, -0.1) is 0 Å². The minimum atomic E-state index is -0.0141. The van der Waals surface area contributed by atoms with E-state index >= 15 is 0 Å². The van der Waals surface area contributed by atoms with Gasteiger partial charge in [-0.3, -0.25) is 4.79 Å². The van der Waals surface area contributed by atoms with E-state index in [-0.39, 0.29) is 24.6 Å². The van der Waals surface area contributed by atoms with Crippen LogP contribution in [0.5, 0.6) is 0 Å². The third-order valence-corrected chi connectivity index (χ3v) is 5.43. The van der Waals surface area contributed by atoms with Crippen LogP contribution in [-0.4, -0.2) is 39.1 Å². The molecule has 3 atom stereocenters. The van der Waals surface area contributed by atoms with E-state index in [0.717, 1.165) is 29.9 Å². The molecule has 3 rings (SSSR count). The maximum absolute atomic E-state index is 12.2. The molecule has 2 heterocycles. The van der Waals surface area contributed by atoms with Crippen LogP contribution < -0.4 is 5.32 Å². The van der Waals surface area contributed by atoms with Crippen molar-refractivity contribution in [1.82, 2.24) is 19.8 Å². The monoisotopic (exact) mass is 356 g/mol. The zero-order valence-electron chi connectivity index (χ0n) is 15.7. The summed E-state index contributed by atoms with van der Waals surface area (Å²) in [5.41, 5.74) is 2.08. The fraction of sp³-hybridized carbons (Fsp3) is 0.500. The van der Waals surface area contributed by atoms with Crippen LogP contribution in [0.25, 0.3) is 0 Å². The highest BCUT2D eigenvalue weighted by Gasteiger charge is 2.36. The summed E-state index contributed by atoms with van der Waals surface area (Å²) in [6.45, 7) is 2.99. The molecule has 140 valence electrons. The van der Waals surface area contributed by atoms with Crippen molar-refractivity contribution < 1.29 is 9.90 Å². The molecule has 1 fully saturated rings. The van der Waals surface area contributed by atoms with Crippen LogP contribution in [0.2, 0.25) is 0 Å². The molecule has 1 unspecified atom stereocenters. The number of hydrogen-bond donors (Lipinski definition) is 2. The Balaban J connectivity index is 1.72. The summed E-state index contributed by atoms with van der Waals surface area (Å²) in [7, 11) is 3.85. The van der Waals surface area contributed by atoms with Crippen LogP contribution in [0.3, 0.4) is 0 Å². The van der Waals surface area contributed by atoms with Crippen LogP contribution in [0.4, 0.5) is 0 Å². The predicted octanol–water partition coefficient (Wildman–Crippen LogP) is 2.17. The lowest BCUT2D eigenvalue weighted by Crippen LogP contribution is -2.44. The topological polar surface area (TPSA) is 70.4 Å². The van der Waals surface area contributed by atoms with Crippen molar-refractivity contribution in [3.63, 3.8) is 0 Å². The van der Waals surface area contributed by atoms with Crippen molar-refractivity contribution in [3.05, 3.63) is 53.6 Å². The maximum atomic E-state index is 12.2. The molecule has 1 amide bonds. The molecule has 1 aromatic heterocycles. The number of likely N-dealkylation sites (tertiary alicyclic amines) is 1. The Hall–Kier alpha value is -2.18. The molecule has 26 heavy (non-hydrogen) atoms. The Kier molecular flexibility index (Phi) is 5.74. The number of nitrogens with zero attached hydrogens (tertiary/aromatic N) is 3. The summed E-state index contributed by atoms with van der Waals surface area (Å²) < 4.78 is 2.00. The zero-order chi connectivity index (χ0) is 18.7. The van der Waals surface area contributed by atoms with Crippen molar-refractivity contribution >= 4 is 5.91 Å². The molecule has 0 aliphatic carbocycles. The molecule has 1 aromatic carbocycles. The quantitative estimate of drug-likeness (QED) is 0.832. The number of amides is 1. The smallest absolute Gasteiger partial charge is 0.222 e. The van der Waals surface area contributed by atoms with E-state index in [0.29, 0.717) is 12.3 Å². The lowest BCUT2D eigenvalue weighted by atomic mass is 9.88. The molecule has 1 aliphatic heterocycles. The van der Waals surface area contributed by atoms with Gasteiger partial charge in [0.1, 0.15) is 5.82 Å². The first-order valence-electron chi connectivity index (χ1n) is 9.17. The van der Waals surface area contributed by atoms with E-state index in [9.17, 15) is 9.90 Å². The standard InChI is InChI=1S/C20H28N4O2/c1-14(16-6-4-5-15(11-16)13-25)22-12-17-7-8-18(26)24(3)19(17)20-21-9-10-23(20)2/h4-6,9-11,14,17,19,22,25H,7-8,12-13H2,1-3H3/t14?,17-,19+/m1/s1. The lowest BCUT2D eigenvalue weighted by molar-refractivity contribution is -0.137. The van der Waals surface area contributed by atoms with Crippen molar-refractivity contribution in [2.24, 2.45) is 13.0 Å². The van der Waals surface area contributed by atoms with Gasteiger partial charge in [-0.2, -0.15) is 0 Å². The Bertz CT molecular complexity index is 758. The van der Waals surface area contributed by atoms with E-state index in [1.54, 1.807) is 6.20 Å². The van der Waals surface area contributed by atoms with Crippen molar-refractivity contribution in [1.29, 1.82) is 0 Å². The highest BCUT2D eigenvalue weighted by atomic mass is 16.3. The zero-order valence-corrected chi connectivity index (χ0v) is 15.7. The minimum absolute atomic E-state index is 0.0141. The maximum Gasteiger partial charge on any atom is 0.222 e. The third kappa shape index (κ3) is 3.81. The number of hydrogen-bond acceptors (Lipinski definition) is 4. The van der Waals surface area contributed by atoms with Gasteiger partial charge in [-0.05, 0) is 30.4 Å². The van der Waals surface area contributed by atoms with E-state index < -0.39 is 0 Å². The van der Waals surface area contributed by atoms with Crippen LogP contribution in [-0.2, 0) is 18.4 Å². The van der Waals surface area contributed by atoms with E-state index in [2.05, 4.69) is 23.3 Å². The van der Waals surface area contributed by atoms with Crippen LogP contribution in [0.15, 0.2) is 36.7 Å². The Morgan fingerprint density at radius 3 is 2.88 bits per heavy atom. The number of piperidine rings is 1. The van der Waals surface area contributed by atoms with Crippen molar-refractivity contribution in [3.8, 4) is 0 Å². The first-order valence-corrected chi connectivity index (χ1v) is 9.17. The predicted molar refractivity (Wildman–Crippen MR) is 100 cm³/mol. The lowest BCUT2D eigenvalue weighted by Gasteiger charge is -2.39. The highest BCUT2D eigenvalue weighted by molar-refractivity contribution is 5.77. The molecule has 1 saturated heterocycles. The second kappa shape index (κ2) is 8.01. The number of carbonyl (C=O) groups excluding carboxylic acids is 1. The second-order valence-corrected chi connectivity index (χ2v) is 7.18. The number of aryl methyl sites for hydroxylation is 1. The van der Waals surface area contributed by atoms with Gasteiger partial charge in [0.25, 0.3) is 0 Å². The molecule has 0 bridgehead atoms. The summed E-state index contributed by atoms with van der Waals surface area (Å²) in [4.78, 5) is 18.6. The molecular weight excluding hydrogens is 328 g/mol. The molecule has 6 nitrogen and oxygen atoms in total. The van der Waals surface area contributed by atoms with Gasteiger partial charge in [-0.25, -0.2) is 4.98 Å². The van der Waals surface area contributed by atoms with Gasteiger partial charge in [0, 0.05) is 45.5 Å². The van der Waals surface area contributed by atoms with Crippen molar-refractivity contribution in [2.45, 2.75) is 38.5 Å².